The molecule has 0 spiro atoms. The largest absolute Gasteiger partial charge is 0.465 e. The molecule has 5 heteroatoms. The summed E-state index contributed by atoms with van der Waals surface area (Å²) < 4.78 is 0. The van der Waals surface area contributed by atoms with Crippen LogP contribution in [0.15, 0.2) is 0 Å². The molecule has 0 aromatic carbocycles. The second-order valence-electron chi connectivity index (χ2n) is 4.67. The summed E-state index contributed by atoms with van der Waals surface area (Å²) in [4.78, 5) is 24.5. The minimum absolute atomic E-state index is 0.162. The monoisotopic (exact) mass is 288 g/mol. The predicted molar refractivity (Wildman–Crippen MR) is 83.0 cm³/mol. The second-order valence-corrected chi connectivity index (χ2v) is 4.67. The van der Waals surface area contributed by atoms with Crippen LogP contribution in [0.2, 0.25) is 0 Å². The molecule has 0 radical (unpaired) electrons. The van der Waals surface area contributed by atoms with Crippen molar-refractivity contribution in [2.24, 2.45) is 0 Å². The summed E-state index contributed by atoms with van der Waals surface area (Å²) in [7, 11) is 0. The Labute approximate surface area is 123 Å². The quantitative estimate of drug-likeness (QED) is 0.744. The van der Waals surface area contributed by atoms with Crippen LogP contribution in [0.3, 0.4) is 0 Å². The summed E-state index contributed by atoms with van der Waals surface area (Å²) in [5.41, 5.74) is 0. The molecule has 0 heterocycles. The van der Waals surface area contributed by atoms with E-state index < -0.39 is 6.09 Å². The zero-order chi connectivity index (χ0) is 16.0. The summed E-state index contributed by atoms with van der Waals surface area (Å²) in [5.74, 6) is 0.162. The van der Waals surface area contributed by atoms with Gasteiger partial charge in [0, 0.05) is 33.1 Å². The van der Waals surface area contributed by atoms with E-state index >= 15 is 0 Å². The van der Waals surface area contributed by atoms with Gasteiger partial charge in [0.05, 0.1) is 0 Å². The van der Waals surface area contributed by atoms with Crippen LogP contribution in [0, 0.1) is 0 Å². The molecule has 2 amide bonds. The van der Waals surface area contributed by atoms with Gasteiger partial charge in [0.2, 0.25) is 5.91 Å². The van der Waals surface area contributed by atoms with Crippen molar-refractivity contribution < 1.29 is 14.7 Å². The summed E-state index contributed by atoms with van der Waals surface area (Å²) in [6.45, 7) is 12.7. The molecule has 0 aromatic heterocycles. The van der Waals surface area contributed by atoms with E-state index in [-0.39, 0.29) is 5.91 Å². The highest BCUT2D eigenvalue weighted by Crippen LogP contribution is 1.99. The van der Waals surface area contributed by atoms with Crippen molar-refractivity contribution in [3.63, 3.8) is 0 Å². The maximum atomic E-state index is 10.6. The number of carboxylic acid groups (broad SMARTS) is 1. The van der Waals surface area contributed by atoms with Gasteiger partial charge in [-0.05, 0) is 26.7 Å². The van der Waals surface area contributed by atoms with Gasteiger partial charge in [0.15, 0.2) is 0 Å². The van der Waals surface area contributed by atoms with E-state index in [1.807, 2.05) is 13.8 Å². The zero-order valence-corrected chi connectivity index (χ0v) is 13.8. The highest BCUT2D eigenvalue weighted by molar-refractivity contribution is 5.73. The lowest BCUT2D eigenvalue weighted by Crippen LogP contribution is -2.31. The van der Waals surface area contributed by atoms with Gasteiger partial charge in [-0.25, -0.2) is 4.79 Å². The van der Waals surface area contributed by atoms with E-state index in [1.54, 1.807) is 11.8 Å². The van der Waals surface area contributed by atoms with Crippen molar-refractivity contribution in [2.75, 3.05) is 26.2 Å². The van der Waals surface area contributed by atoms with E-state index in [9.17, 15) is 9.59 Å². The molecule has 0 aliphatic carbocycles. The SMILES string of the molecule is CCCCN(CCCC)C(=O)O.CCN(CC)C(C)=O. The molecule has 0 aliphatic heterocycles. The van der Waals surface area contributed by atoms with E-state index in [0.29, 0.717) is 13.1 Å². The van der Waals surface area contributed by atoms with Crippen LogP contribution in [0.25, 0.3) is 0 Å². The van der Waals surface area contributed by atoms with E-state index in [2.05, 4.69) is 13.8 Å². The fraction of sp³-hybridized carbons (Fsp3) is 0.867. The Morgan fingerprint density at radius 3 is 1.40 bits per heavy atom. The Morgan fingerprint density at radius 1 is 0.850 bits per heavy atom. The maximum absolute atomic E-state index is 10.6. The van der Waals surface area contributed by atoms with Crippen LogP contribution in [-0.4, -0.2) is 53.1 Å². The van der Waals surface area contributed by atoms with Gasteiger partial charge in [0.25, 0.3) is 0 Å². The highest BCUT2D eigenvalue weighted by Gasteiger charge is 2.08. The molecule has 0 unspecified atom stereocenters. The van der Waals surface area contributed by atoms with E-state index in [0.717, 1.165) is 38.8 Å². The molecule has 0 aliphatic rings. The Kier molecular flexibility index (Phi) is 14.9. The maximum Gasteiger partial charge on any atom is 0.407 e. The van der Waals surface area contributed by atoms with Crippen LogP contribution in [0.4, 0.5) is 4.79 Å². The van der Waals surface area contributed by atoms with Gasteiger partial charge in [-0.3, -0.25) is 4.79 Å². The van der Waals surface area contributed by atoms with Crippen molar-refractivity contribution in [3.8, 4) is 0 Å². The Morgan fingerprint density at radius 2 is 1.25 bits per heavy atom. The normalized spacial score (nSPS) is 9.45. The lowest BCUT2D eigenvalue weighted by atomic mass is 10.3. The smallest absolute Gasteiger partial charge is 0.407 e. The highest BCUT2D eigenvalue weighted by atomic mass is 16.4. The number of carbonyl (C=O) groups is 2. The van der Waals surface area contributed by atoms with Gasteiger partial charge in [0.1, 0.15) is 0 Å². The van der Waals surface area contributed by atoms with Crippen molar-refractivity contribution in [1.29, 1.82) is 0 Å². The molecule has 5 nitrogen and oxygen atoms in total. The topological polar surface area (TPSA) is 60.9 Å². The Bertz CT molecular complexity index is 246. The number of carbonyl (C=O) groups excluding carboxylic acids is 1. The Balaban J connectivity index is 0. The van der Waals surface area contributed by atoms with Crippen molar-refractivity contribution >= 4 is 12.0 Å². The van der Waals surface area contributed by atoms with Crippen molar-refractivity contribution in [2.45, 2.75) is 60.3 Å². The van der Waals surface area contributed by atoms with Crippen LogP contribution in [-0.2, 0) is 4.79 Å². The van der Waals surface area contributed by atoms with Crippen LogP contribution < -0.4 is 0 Å². The van der Waals surface area contributed by atoms with Crippen LogP contribution in [0.5, 0.6) is 0 Å². The third-order valence-corrected chi connectivity index (χ3v) is 3.04. The molecule has 0 saturated heterocycles. The molecule has 120 valence electrons. The van der Waals surface area contributed by atoms with Gasteiger partial charge in [-0.2, -0.15) is 0 Å². The van der Waals surface area contributed by atoms with Crippen LogP contribution in [0.1, 0.15) is 60.3 Å². The molecule has 0 aromatic rings. The molecule has 0 bridgehead atoms. The van der Waals surface area contributed by atoms with Gasteiger partial charge < -0.3 is 14.9 Å². The molecule has 0 atom stereocenters. The molecule has 0 fully saturated rings. The van der Waals surface area contributed by atoms with Crippen molar-refractivity contribution in [3.05, 3.63) is 0 Å². The first kappa shape index (κ1) is 21.0. The number of hydrogen-bond acceptors (Lipinski definition) is 2. The number of rotatable bonds is 8. The standard InChI is InChI=1S/C9H19NO2.C6H13NO/c1-3-5-7-10(9(11)12)8-6-4-2;1-4-7(5-2)6(3)8/h3-8H2,1-2H3,(H,11,12);4-5H2,1-3H3. The number of nitrogens with zero attached hydrogens (tertiary/aromatic N) is 2. The summed E-state index contributed by atoms with van der Waals surface area (Å²) in [5, 5.41) is 8.75. The Hall–Kier alpha value is -1.26. The average molecular weight is 288 g/mol. The second kappa shape index (κ2) is 14.2. The molecule has 20 heavy (non-hydrogen) atoms. The third-order valence-electron chi connectivity index (χ3n) is 3.04. The van der Waals surface area contributed by atoms with Gasteiger partial charge >= 0.3 is 6.09 Å². The van der Waals surface area contributed by atoms with Gasteiger partial charge in [-0.15, -0.1) is 0 Å². The fourth-order valence-corrected chi connectivity index (χ4v) is 1.67. The zero-order valence-electron chi connectivity index (χ0n) is 13.8. The lowest BCUT2D eigenvalue weighted by Gasteiger charge is -2.17. The van der Waals surface area contributed by atoms with Gasteiger partial charge in [-0.1, -0.05) is 26.7 Å². The van der Waals surface area contributed by atoms with Crippen molar-refractivity contribution in [1.82, 2.24) is 9.80 Å². The average Bonchev–Trinajstić information content (AvgIpc) is 2.40. The predicted octanol–water partition coefficient (Wildman–Crippen LogP) is 3.44. The first-order chi connectivity index (χ1) is 9.44. The number of hydrogen-bond donors (Lipinski definition) is 1. The lowest BCUT2D eigenvalue weighted by molar-refractivity contribution is -0.128. The number of amides is 2. The molecular formula is C15H32N2O3. The van der Waals surface area contributed by atoms with E-state index in [1.165, 1.54) is 4.90 Å². The molecular weight excluding hydrogens is 256 g/mol. The molecule has 1 N–H and O–H groups in total. The first-order valence-electron chi connectivity index (χ1n) is 7.67. The van der Waals surface area contributed by atoms with E-state index in [4.69, 9.17) is 5.11 Å². The number of unbranched alkanes of at least 4 members (excludes halogenated alkanes) is 2. The first-order valence-corrected chi connectivity index (χ1v) is 7.67. The van der Waals surface area contributed by atoms with Crippen LogP contribution >= 0.6 is 0 Å². The minimum Gasteiger partial charge on any atom is -0.465 e. The summed E-state index contributed by atoms with van der Waals surface area (Å²) in [6.07, 6.45) is 3.26. The summed E-state index contributed by atoms with van der Waals surface area (Å²) in [6, 6.07) is 0. The molecule has 0 saturated carbocycles. The third kappa shape index (κ3) is 11.8. The fourth-order valence-electron chi connectivity index (χ4n) is 1.67. The summed E-state index contributed by atoms with van der Waals surface area (Å²) >= 11 is 0. The minimum atomic E-state index is -0.781. The molecule has 0 rings (SSSR count).